The van der Waals surface area contributed by atoms with Crippen LogP contribution in [0, 0.1) is 18.2 Å². The van der Waals surface area contributed by atoms with Gasteiger partial charge in [-0.1, -0.05) is 37.5 Å². The fourth-order valence-electron chi connectivity index (χ4n) is 5.32. The highest BCUT2D eigenvalue weighted by atomic mass is 19.1. The molecule has 0 radical (unpaired) electrons. The van der Waals surface area contributed by atoms with Crippen molar-refractivity contribution in [1.29, 1.82) is 0 Å². The van der Waals surface area contributed by atoms with Crippen LogP contribution in [-0.4, -0.2) is 34.7 Å². The number of aliphatic hydroxyl groups excluding tert-OH is 1. The highest BCUT2D eigenvalue weighted by Crippen LogP contribution is 2.38. The molecule has 1 amide bonds. The zero-order valence-electron chi connectivity index (χ0n) is 21.4. The lowest BCUT2D eigenvalue weighted by molar-refractivity contribution is -0.120. The molecule has 2 atom stereocenters. The number of nitrogens with zero attached hydrogens (tertiary/aromatic N) is 2. The zero-order valence-corrected chi connectivity index (χ0v) is 21.4. The summed E-state index contributed by atoms with van der Waals surface area (Å²) in [6, 6.07) is 14.0. The third kappa shape index (κ3) is 6.80. The number of hydrogen-bond donors (Lipinski definition) is 3. The van der Waals surface area contributed by atoms with Crippen molar-refractivity contribution in [2.45, 2.75) is 63.1 Å². The molecule has 0 aliphatic heterocycles. The third-order valence-electron chi connectivity index (χ3n) is 7.17. The molecular weight excluding hydrogens is 486 g/mol. The van der Waals surface area contributed by atoms with Crippen molar-refractivity contribution in [2.24, 2.45) is 0 Å². The van der Waals surface area contributed by atoms with E-state index in [1.165, 1.54) is 19.1 Å². The van der Waals surface area contributed by atoms with Crippen LogP contribution in [0.3, 0.4) is 0 Å². The summed E-state index contributed by atoms with van der Waals surface area (Å²) in [5, 5.41) is 17.5. The summed E-state index contributed by atoms with van der Waals surface area (Å²) in [5.74, 6) is -1.74. The second kappa shape index (κ2) is 12.2. The minimum absolute atomic E-state index is 0.0860. The second-order valence-corrected chi connectivity index (χ2v) is 9.97. The molecule has 38 heavy (non-hydrogen) atoms. The first-order valence-electron chi connectivity index (χ1n) is 12.9. The molecule has 0 spiro atoms. The Morgan fingerprint density at radius 3 is 2.53 bits per heavy atom. The average Bonchev–Trinajstić information content (AvgIpc) is 2.91. The van der Waals surface area contributed by atoms with Crippen molar-refractivity contribution in [3.05, 3.63) is 95.0 Å². The van der Waals surface area contributed by atoms with Crippen LogP contribution in [0.4, 0.5) is 14.5 Å². The summed E-state index contributed by atoms with van der Waals surface area (Å²) in [7, 11) is 0. The molecule has 198 valence electrons. The molecule has 3 N–H and O–H groups in total. The Kier molecular flexibility index (Phi) is 8.82. The van der Waals surface area contributed by atoms with Crippen LogP contribution in [0.15, 0.2) is 60.8 Å². The first-order chi connectivity index (χ1) is 18.3. The number of carbonyl (C=O) groups is 1. The maximum absolute atomic E-state index is 13.7. The second-order valence-electron chi connectivity index (χ2n) is 9.97. The number of pyridine rings is 1. The number of aliphatic hydroxyl groups is 1. The minimum atomic E-state index is -0.996. The van der Waals surface area contributed by atoms with Crippen LogP contribution in [0.1, 0.15) is 50.2 Å². The number of aromatic nitrogens is 1. The predicted molar refractivity (Wildman–Crippen MR) is 142 cm³/mol. The molecule has 1 heterocycles. The first-order valence-corrected chi connectivity index (χ1v) is 12.9. The molecule has 1 fully saturated rings. The maximum atomic E-state index is 13.7. The molecule has 2 unspecified atom stereocenters. The van der Waals surface area contributed by atoms with Gasteiger partial charge in [-0.25, -0.2) is 13.6 Å². The molecule has 0 saturated heterocycles. The number of hydrogen-bond acceptors (Lipinski definition) is 4. The van der Waals surface area contributed by atoms with Crippen LogP contribution in [-0.2, 0) is 16.8 Å². The van der Waals surface area contributed by atoms with Crippen LogP contribution < -0.4 is 10.6 Å². The van der Waals surface area contributed by atoms with Gasteiger partial charge in [0.05, 0.1) is 24.4 Å². The van der Waals surface area contributed by atoms with Crippen molar-refractivity contribution in [1.82, 2.24) is 15.6 Å². The lowest BCUT2D eigenvalue weighted by atomic mass is 9.76. The number of halogens is 2. The summed E-state index contributed by atoms with van der Waals surface area (Å²) in [6.45, 7) is 8.83. The van der Waals surface area contributed by atoms with Gasteiger partial charge in [-0.15, -0.1) is 0 Å². The van der Waals surface area contributed by atoms with E-state index in [0.717, 1.165) is 55.0 Å². The van der Waals surface area contributed by atoms with Crippen molar-refractivity contribution < 1.29 is 18.7 Å². The fraction of sp³-hybridized carbons (Fsp3) is 0.367. The van der Waals surface area contributed by atoms with Gasteiger partial charge >= 0.3 is 0 Å². The predicted octanol–water partition coefficient (Wildman–Crippen LogP) is 5.43. The zero-order chi connectivity index (χ0) is 27.1. The van der Waals surface area contributed by atoms with Gasteiger partial charge in [0.2, 0.25) is 5.91 Å². The van der Waals surface area contributed by atoms with Gasteiger partial charge in [-0.3, -0.25) is 9.78 Å². The lowest BCUT2D eigenvalue weighted by Gasteiger charge is -2.40. The Morgan fingerprint density at radius 2 is 1.84 bits per heavy atom. The summed E-state index contributed by atoms with van der Waals surface area (Å²) in [5.41, 5.74) is 3.19. The molecule has 8 heteroatoms. The molecule has 2 aromatic carbocycles. The van der Waals surface area contributed by atoms with Gasteiger partial charge in [0.15, 0.2) is 5.69 Å². The Hall–Kier alpha value is -3.67. The third-order valence-corrected chi connectivity index (χ3v) is 7.17. The minimum Gasteiger partial charge on any atom is -0.390 e. The molecule has 6 nitrogen and oxygen atoms in total. The standard InChI is InChI=1S/C30H32F2N4O2/c1-20(37)36-28(15-21-13-24(31)17-25(32)14-21)29(38)19-35-30(10-4-3-5-11-30)23-8-6-7-22(16-23)27-18-26(33-2)9-12-34-27/h6-9,12-14,16-18,28-29,35,38H,3-5,10-11,15,19H2,1H3,(H,36,37). The molecule has 1 aromatic heterocycles. The highest BCUT2D eigenvalue weighted by Gasteiger charge is 2.35. The Morgan fingerprint density at radius 1 is 1.11 bits per heavy atom. The fourth-order valence-corrected chi connectivity index (χ4v) is 5.32. The van der Waals surface area contributed by atoms with Crippen molar-refractivity contribution in [3.63, 3.8) is 0 Å². The first kappa shape index (κ1) is 27.4. The van der Waals surface area contributed by atoms with E-state index in [2.05, 4.69) is 32.6 Å². The summed E-state index contributed by atoms with van der Waals surface area (Å²) in [6.07, 6.45) is 5.64. The Labute approximate surface area is 221 Å². The number of rotatable bonds is 9. The van der Waals surface area contributed by atoms with Gasteiger partial charge in [0, 0.05) is 31.3 Å². The van der Waals surface area contributed by atoms with Gasteiger partial charge in [0.1, 0.15) is 11.6 Å². The molecule has 4 rings (SSSR count). The van der Waals surface area contributed by atoms with E-state index in [9.17, 15) is 18.7 Å². The summed E-state index contributed by atoms with van der Waals surface area (Å²) in [4.78, 5) is 19.8. The summed E-state index contributed by atoms with van der Waals surface area (Å²) < 4.78 is 27.5. The van der Waals surface area contributed by atoms with Crippen LogP contribution in [0.5, 0.6) is 0 Å². The Bertz CT molecular complexity index is 1300. The SMILES string of the molecule is [C-]#[N+]c1ccnc(-c2cccc(C3(NCC(O)C(Cc4cc(F)cc(F)c4)NC(C)=O)CCCCC3)c2)c1. The lowest BCUT2D eigenvalue weighted by Crippen LogP contribution is -2.53. The normalized spacial score (nSPS) is 16.3. The molecule has 0 bridgehead atoms. The van der Waals surface area contributed by atoms with E-state index in [4.69, 9.17) is 6.57 Å². The topological polar surface area (TPSA) is 78.6 Å². The monoisotopic (exact) mass is 518 g/mol. The molecule has 1 aliphatic rings. The molecule has 1 saturated carbocycles. The average molecular weight is 519 g/mol. The molecule has 1 aliphatic carbocycles. The van der Waals surface area contributed by atoms with Gasteiger partial charge < -0.3 is 15.7 Å². The van der Waals surface area contributed by atoms with E-state index in [1.807, 2.05) is 12.1 Å². The summed E-state index contributed by atoms with van der Waals surface area (Å²) >= 11 is 0. The van der Waals surface area contributed by atoms with Gasteiger partial charge in [-0.2, -0.15) is 0 Å². The van der Waals surface area contributed by atoms with Gasteiger partial charge in [-0.05, 0) is 66.3 Å². The smallest absolute Gasteiger partial charge is 0.217 e. The van der Waals surface area contributed by atoms with E-state index < -0.39 is 29.3 Å². The van der Waals surface area contributed by atoms with E-state index >= 15 is 0 Å². The number of carbonyl (C=O) groups excluding carboxylic acids is 1. The van der Waals surface area contributed by atoms with Crippen LogP contribution in [0.25, 0.3) is 16.1 Å². The molecule has 3 aromatic rings. The Balaban J connectivity index is 1.56. The van der Waals surface area contributed by atoms with Crippen molar-refractivity contribution >= 4 is 11.6 Å². The van der Waals surface area contributed by atoms with E-state index in [0.29, 0.717) is 11.3 Å². The van der Waals surface area contributed by atoms with Crippen molar-refractivity contribution in [2.75, 3.05) is 6.54 Å². The van der Waals surface area contributed by atoms with Crippen LogP contribution in [0.2, 0.25) is 0 Å². The molecular formula is C30H32F2N4O2. The maximum Gasteiger partial charge on any atom is 0.217 e. The quantitative estimate of drug-likeness (QED) is 0.330. The van der Waals surface area contributed by atoms with E-state index in [1.54, 1.807) is 18.3 Å². The van der Waals surface area contributed by atoms with Crippen molar-refractivity contribution in [3.8, 4) is 11.3 Å². The number of benzene rings is 2. The van der Waals surface area contributed by atoms with Gasteiger partial charge in [0.25, 0.3) is 0 Å². The van der Waals surface area contributed by atoms with Crippen LogP contribution >= 0.6 is 0 Å². The number of amides is 1. The highest BCUT2D eigenvalue weighted by molar-refractivity contribution is 5.73. The largest absolute Gasteiger partial charge is 0.390 e. The number of nitrogens with one attached hydrogen (secondary N) is 2. The van der Waals surface area contributed by atoms with E-state index in [-0.39, 0.29) is 18.9 Å².